The van der Waals surface area contributed by atoms with E-state index in [1.807, 2.05) is 0 Å². The monoisotopic (exact) mass is 269 g/mol. The normalized spacial score (nSPS) is 18.7. The van der Waals surface area contributed by atoms with Crippen LogP contribution in [0.4, 0.5) is 0 Å². The van der Waals surface area contributed by atoms with Gasteiger partial charge in [-0.2, -0.15) is 0 Å². The molecule has 0 atom stereocenters. The Morgan fingerprint density at radius 1 is 1.26 bits per heavy atom. The van der Waals surface area contributed by atoms with Gasteiger partial charge in [-0.15, -0.1) is 0 Å². The van der Waals surface area contributed by atoms with Crippen molar-refractivity contribution in [2.24, 2.45) is 4.99 Å². The minimum absolute atomic E-state index is 0.0703. The highest BCUT2D eigenvalue weighted by molar-refractivity contribution is 6.04. The van der Waals surface area contributed by atoms with E-state index in [4.69, 9.17) is 9.84 Å². The Balaban J connectivity index is 1.94. The van der Waals surface area contributed by atoms with Crippen molar-refractivity contribution in [1.82, 2.24) is 9.80 Å². The van der Waals surface area contributed by atoms with Gasteiger partial charge in [0.2, 0.25) is 11.9 Å². The van der Waals surface area contributed by atoms with Gasteiger partial charge in [0, 0.05) is 26.2 Å². The van der Waals surface area contributed by atoms with E-state index >= 15 is 0 Å². The van der Waals surface area contributed by atoms with Gasteiger partial charge in [0.05, 0.1) is 6.61 Å². The number of rotatable bonds is 4. The molecule has 106 valence electrons. The molecule has 19 heavy (non-hydrogen) atoms. The predicted molar refractivity (Wildman–Crippen MR) is 67.5 cm³/mol. The van der Waals surface area contributed by atoms with Crippen molar-refractivity contribution in [2.75, 3.05) is 39.4 Å². The molecular weight excluding hydrogens is 250 g/mol. The first-order chi connectivity index (χ1) is 9.22. The number of amides is 1. The lowest BCUT2D eigenvalue weighted by molar-refractivity contribution is -0.149. The standard InChI is InChI=1S/C12H19N3O4/c16-7-8-19-11(18)9-10(17)15-6-2-5-14-4-1-3-13-12(14)15/h16H,1-9H2. The second-order valence-electron chi connectivity index (χ2n) is 4.54. The van der Waals surface area contributed by atoms with Crippen molar-refractivity contribution < 1.29 is 19.4 Å². The molecule has 0 bridgehead atoms. The zero-order chi connectivity index (χ0) is 13.7. The maximum absolute atomic E-state index is 12.1. The topological polar surface area (TPSA) is 82.4 Å². The fourth-order valence-corrected chi connectivity index (χ4v) is 2.29. The zero-order valence-electron chi connectivity index (χ0n) is 10.9. The van der Waals surface area contributed by atoms with Crippen LogP contribution >= 0.6 is 0 Å². The van der Waals surface area contributed by atoms with Crippen molar-refractivity contribution in [3.8, 4) is 0 Å². The summed E-state index contributed by atoms with van der Waals surface area (Å²) in [7, 11) is 0. The number of aliphatic imine (C=N–C) groups is 1. The summed E-state index contributed by atoms with van der Waals surface area (Å²) in [6, 6.07) is 0. The number of hydrogen-bond acceptors (Lipinski definition) is 6. The number of hydrogen-bond donors (Lipinski definition) is 1. The molecule has 2 heterocycles. The highest BCUT2D eigenvalue weighted by atomic mass is 16.5. The van der Waals surface area contributed by atoms with Gasteiger partial charge in [0.25, 0.3) is 0 Å². The molecule has 2 rings (SSSR count). The van der Waals surface area contributed by atoms with Crippen LogP contribution in [0, 0.1) is 0 Å². The summed E-state index contributed by atoms with van der Waals surface area (Å²) < 4.78 is 4.70. The van der Waals surface area contributed by atoms with Crippen LogP contribution in [-0.4, -0.2) is 72.1 Å². The number of guanidine groups is 1. The molecule has 0 aromatic rings. The summed E-state index contributed by atoms with van der Waals surface area (Å²) in [6.07, 6.45) is 1.59. The minimum atomic E-state index is -0.604. The Labute approximate surface area is 111 Å². The molecule has 1 N–H and O–H groups in total. The van der Waals surface area contributed by atoms with Gasteiger partial charge in [-0.25, -0.2) is 0 Å². The summed E-state index contributed by atoms with van der Waals surface area (Å²) in [6.45, 7) is 2.85. The molecule has 0 aliphatic carbocycles. The molecule has 0 spiro atoms. The molecule has 7 nitrogen and oxygen atoms in total. The van der Waals surface area contributed by atoms with Crippen LogP contribution in [0.3, 0.4) is 0 Å². The number of carbonyl (C=O) groups is 2. The molecule has 7 heteroatoms. The summed E-state index contributed by atoms with van der Waals surface area (Å²) in [5.41, 5.74) is 0. The van der Waals surface area contributed by atoms with Crippen molar-refractivity contribution in [1.29, 1.82) is 0 Å². The number of carbonyl (C=O) groups excluding carboxylic acids is 2. The SMILES string of the molecule is O=C(CC(=O)N1CCCN2CCCN=C21)OCCO. The van der Waals surface area contributed by atoms with Crippen LogP contribution in [0.15, 0.2) is 4.99 Å². The van der Waals surface area contributed by atoms with Crippen molar-refractivity contribution in [3.05, 3.63) is 0 Å². The molecular formula is C12H19N3O4. The summed E-state index contributed by atoms with van der Waals surface area (Å²) >= 11 is 0. The van der Waals surface area contributed by atoms with Gasteiger partial charge in [-0.3, -0.25) is 19.5 Å². The molecule has 0 unspecified atom stereocenters. The maximum atomic E-state index is 12.1. The summed E-state index contributed by atoms with van der Waals surface area (Å²) in [5, 5.41) is 8.55. The number of fused-ring (bicyclic) bond motifs is 1. The largest absolute Gasteiger partial charge is 0.463 e. The number of ether oxygens (including phenoxy) is 1. The quantitative estimate of drug-likeness (QED) is 0.534. The Morgan fingerprint density at radius 2 is 2.05 bits per heavy atom. The average Bonchev–Trinajstić information content (AvgIpc) is 2.44. The van der Waals surface area contributed by atoms with Crippen LogP contribution in [-0.2, 0) is 14.3 Å². The molecule has 0 radical (unpaired) electrons. The molecule has 0 saturated carbocycles. The molecule has 1 saturated heterocycles. The van der Waals surface area contributed by atoms with Crippen LogP contribution in [0.25, 0.3) is 0 Å². The first kappa shape index (κ1) is 13.8. The lowest BCUT2D eigenvalue weighted by atomic mass is 10.2. The Kier molecular flexibility index (Phi) is 4.73. The number of esters is 1. The lowest BCUT2D eigenvalue weighted by Crippen LogP contribution is -2.54. The molecule has 2 aliphatic heterocycles. The van der Waals surface area contributed by atoms with Crippen LogP contribution in [0.5, 0.6) is 0 Å². The van der Waals surface area contributed by atoms with Crippen molar-refractivity contribution >= 4 is 17.8 Å². The number of aliphatic hydroxyl groups is 1. The van der Waals surface area contributed by atoms with Gasteiger partial charge in [-0.1, -0.05) is 0 Å². The van der Waals surface area contributed by atoms with Gasteiger partial charge in [0.1, 0.15) is 13.0 Å². The fraction of sp³-hybridized carbons (Fsp3) is 0.750. The van der Waals surface area contributed by atoms with E-state index in [2.05, 4.69) is 9.89 Å². The summed E-state index contributed by atoms with van der Waals surface area (Å²) in [4.78, 5) is 31.5. The minimum Gasteiger partial charge on any atom is -0.463 e. The highest BCUT2D eigenvalue weighted by Crippen LogP contribution is 2.15. The number of nitrogens with zero attached hydrogens (tertiary/aromatic N) is 3. The molecule has 0 aromatic carbocycles. The van der Waals surface area contributed by atoms with Crippen molar-refractivity contribution in [2.45, 2.75) is 19.3 Å². The van der Waals surface area contributed by atoms with Gasteiger partial charge < -0.3 is 14.7 Å². The van der Waals surface area contributed by atoms with Gasteiger partial charge >= 0.3 is 5.97 Å². The molecule has 1 fully saturated rings. The zero-order valence-corrected chi connectivity index (χ0v) is 10.9. The third-order valence-electron chi connectivity index (χ3n) is 3.12. The second-order valence-corrected chi connectivity index (χ2v) is 4.54. The first-order valence-corrected chi connectivity index (χ1v) is 6.58. The molecule has 1 amide bonds. The Hall–Kier alpha value is -1.63. The average molecular weight is 269 g/mol. The van der Waals surface area contributed by atoms with E-state index in [-0.39, 0.29) is 25.5 Å². The Bertz CT molecular complexity index is 383. The van der Waals surface area contributed by atoms with Crippen LogP contribution in [0.2, 0.25) is 0 Å². The smallest absolute Gasteiger partial charge is 0.315 e. The Morgan fingerprint density at radius 3 is 2.84 bits per heavy atom. The fourth-order valence-electron chi connectivity index (χ4n) is 2.29. The van der Waals surface area contributed by atoms with Crippen LogP contribution in [0.1, 0.15) is 19.3 Å². The van der Waals surface area contributed by atoms with E-state index in [1.54, 1.807) is 4.90 Å². The van der Waals surface area contributed by atoms with Crippen molar-refractivity contribution in [3.63, 3.8) is 0 Å². The molecule has 2 aliphatic rings. The van der Waals surface area contributed by atoms with Gasteiger partial charge in [-0.05, 0) is 12.8 Å². The van der Waals surface area contributed by atoms with E-state index in [1.165, 1.54) is 0 Å². The predicted octanol–water partition coefficient (Wildman–Crippen LogP) is -0.794. The lowest BCUT2D eigenvalue weighted by Gasteiger charge is -2.39. The maximum Gasteiger partial charge on any atom is 0.315 e. The third kappa shape index (κ3) is 3.44. The summed E-state index contributed by atoms with van der Waals surface area (Å²) in [5.74, 6) is -0.196. The van der Waals surface area contributed by atoms with E-state index in [9.17, 15) is 9.59 Å². The second kappa shape index (κ2) is 6.51. The molecule has 0 aromatic heterocycles. The van der Waals surface area contributed by atoms with E-state index < -0.39 is 5.97 Å². The van der Waals surface area contributed by atoms with E-state index in [0.717, 1.165) is 32.5 Å². The van der Waals surface area contributed by atoms with Gasteiger partial charge in [0.15, 0.2) is 0 Å². The number of aliphatic hydroxyl groups excluding tert-OH is 1. The third-order valence-corrected chi connectivity index (χ3v) is 3.12. The van der Waals surface area contributed by atoms with Crippen LogP contribution < -0.4 is 0 Å². The first-order valence-electron chi connectivity index (χ1n) is 6.58. The van der Waals surface area contributed by atoms with E-state index in [0.29, 0.717) is 12.5 Å². The highest BCUT2D eigenvalue weighted by Gasteiger charge is 2.30.